The van der Waals surface area contributed by atoms with Crippen LogP contribution in [0.2, 0.25) is 0 Å². The summed E-state index contributed by atoms with van der Waals surface area (Å²) in [7, 11) is 0. The summed E-state index contributed by atoms with van der Waals surface area (Å²) >= 11 is 0. The summed E-state index contributed by atoms with van der Waals surface area (Å²) in [6.45, 7) is 25.7. The molecule has 1 heteroatoms. The van der Waals surface area contributed by atoms with E-state index in [9.17, 15) is 0 Å². The van der Waals surface area contributed by atoms with Crippen LogP contribution in [0.15, 0.2) is 176 Å². The van der Waals surface area contributed by atoms with E-state index in [0.717, 1.165) is 17.1 Å². The highest BCUT2D eigenvalue weighted by Crippen LogP contribution is 2.51. The molecule has 1 saturated carbocycles. The molecule has 10 rings (SSSR count). The lowest BCUT2D eigenvalue weighted by atomic mass is 9.78. The molecule has 0 spiro atoms. The molecule has 0 radical (unpaired) electrons. The molecule has 0 aromatic heterocycles. The molecule has 0 N–H and O–H groups in total. The first kappa shape index (κ1) is 47.2. The molecule has 0 aliphatic heterocycles. The van der Waals surface area contributed by atoms with Gasteiger partial charge >= 0.3 is 0 Å². The van der Waals surface area contributed by atoms with Gasteiger partial charge in [0, 0.05) is 22.5 Å². The Morgan fingerprint density at radius 3 is 1.39 bits per heavy atom. The Bertz CT molecular complexity index is 3170. The molecule has 1 nitrogen and oxygen atoms in total. The van der Waals surface area contributed by atoms with Gasteiger partial charge in [-0.1, -0.05) is 223 Å². The van der Waals surface area contributed by atoms with Gasteiger partial charge in [0.25, 0.3) is 0 Å². The molecular weight excluding hydrogens is 843 g/mol. The summed E-state index contributed by atoms with van der Waals surface area (Å²) in [5.74, 6) is 0.692. The molecule has 0 bridgehead atoms. The molecule has 0 amide bonds. The number of anilines is 3. The summed E-state index contributed by atoms with van der Waals surface area (Å²) in [4.78, 5) is 2.48. The topological polar surface area (TPSA) is 3.24 Å². The van der Waals surface area contributed by atoms with Crippen LogP contribution in [0, 0.1) is 0 Å². The Hall–Kier alpha value is -6.44. The Morgan fingerprint density at radius 2 is 0.800 bits per heavy atom. The van der Waals surface area contributed by atoms with Crippen LogP contribution >= 0.6 is 0 Å². The Morgan fingerprint density at radius 1 is 0.357 bits per heavy atom. The molecule has 2 aliphatic carbocycles. The molecule has 70 heavy (non-hydrogen) atoms. The third-order valence-corrected chi connectivity index (χ3v) is 15.7. The largest absolute Gasteiger partial charge is 0.310 e. The van der Waals surface area contributed by atoms with Gasteiger partial charge in [0.1, 0.15) is 0 Å². The molecule has 0 saturated heterocycles. The van der Waals surface area contributed by atoms with Gasteiger partial charge in [-0.25, -0.2) is 0 Å². The van der Waals surface area contributed by atoms with Crippen molar-refractivity contribution in [2.45, 2.75) is 136 Å². The predicted molar refractivity (Wildman–Crippen MR) is 302 cm³/mol. The third kappa shape index (κ3) is 9.33. The number of hydrogen-bond donors (Lipinski definition) is 0. The van der Waals surface area contributed by atoms with E-state index in [4.69, 9.17) is 0 Å². The minimum atomic E-state index is -0.119. The van der Waals surface area contributed by atoms with E-state index < -0.39 is 0 Å². The van der Waals surface area contributed by atoms with Gasteiger partial charge in [0.2, 0.25) is 0 Å². The Balaban J connectivity index is 1.07. The van der Waals surface area contributed by atoms with Crippen molar-refractivity contribution < 1.29 is 0 Å². The molecule has 0 atom stereocenters. The van der Waals surface area contributed by atoms with E-state index >= 15 is 0 Å². The highest BCUT2D eigenvalue weighted by atomic mass is 15.1. The summed E-state index contributed by atoms with van der Waals surface area (Å²) in [6.07, 6.45) is 6.70. The first-order chi connectivity index (χ1) is 33.3. The van der Waals surface area contributed by atoms with Gasteiger partial charge in [-0.05, 0) is 173 Å². The standard InChI is InChI=1S/C69H73N/c1-66(2,3)56-38-53(37-54(39-56)55-40-57(67(4,5)6)44-58(41-55)68(7,8)9)50-23-17-22-49(36-50)52-25-19-27-60(43-52)70(61-34-35-63-62-28-15-16-29-64(62)69(10,11)65(63)45-61)59-26-18-24-51(42-59)48-32-30-47(31-33-48)46-20-13-12-14-21-46/h15-19,22-46H,12-14,20-21H2,1-11H3. The Labute approximate surface area is 420 Å². The SMILES string of the molecule is CC(C)(C)c1cc(-c2cccc(-c3cccc(N(c4cccc(-c5ccc(C6CCCCC6)cc5)c4)c4ccc5c(c4)C(C)(C)c4ccccc4-5)c3)c2)cc(-c2cc(C(C)(C)C)cc(C(C)(C)C)c2)c1. The zero-order chi connectivity index (χ0) is 49.2. The second-order valence-electron chi connectivity index (χ2n) is 24.2. The number of rotatable bonds is 8. The van der Waals surface area contributed by atoms with Crippen LogP contribution < -0.4 is 4.90 Å². The van der Waals surface area contributed by atoms with E-state index in [-0.39, 0.29) is 21.7 Å². The lowest BCUT2D eigenvalue weighted by Gasteiger charge is -2.29. The quantitative estimate of drug-likeness (QED) is 0.147. The number of fused-ring (bicyclic) bond motifs is 3. The van der Waals surface area contributed by atoms with Crippen molar-refractivity contribution in [2.24, 2.45) is 0 Å². The second kappa shape index (κ2) is 18.1. The second-order valence-corrected chi connectivity index (χ2v) is 24.2. The van der Waals surface area contributed by atoms with E-state index in [1.54, 1.807) is 0 Å². The molecule has 2 aliphatic rings. The van der Waals surface area contributed by atoms with E-state index in [1.807, 2.05) is 0 Å². The third-order valence-electron chi connectivity index (χ3n) is 15.7. The van der Waals surface area contributed by atoms with Crippen LogP contribution in [-0.2, 0) is 21.7 Å². The average Bonchev–Trinajstić information content (AvgIpc) is 3.58. The van der Waals surface area contributed by atoms with Crippen molar-refractivity contribution in [3.8, 4) is 55.6 Å². The summed E-state index contributed by atoms with van der Waals surface area (Å²) in [5, 5.41) is 0. The van der Waals surface area contributed by atoms with E-state index in [1.165, 1.54) is 121 Å². The zero-order valence-electron chi connectivity index (χ0n) is 43.8. The van der Waals surface area contributed by atoms with Gasteiger partial charge in [-0.3, -0.25) is 0 Å². The zero-order valence-corrected chi connectivity index (χ0v) is 43.8. The number of benzene rings is 8. The summed E-state index contributed by atoms with van der Waals surface area (Å²) in [5.41, 5.74) is 24.2. The number of nitrogens with zero attached hydrogens (tertiary/aromatic N) is 1. The van der Waals surface area contributed by atoms with Crippen molar-refractivity contribution in [1.29, 1.82) is 0 Å². The maximum Gasteiger partial charge on any atom is 0.0467 e. The first-order valence-corrected chi connectivity index (χ1v) is 26.1. The van der Waals surface area contributed by atoms with Gasteiger partial charge < -0.3 is 4.90 Å². The van der Waals surface area contributed by atoms with E-state index in [0.29, 0.717) is 5.92 Å². The average molecular weight is 916 g/mol. The van der Waals surface area contributed by atoms with Crippen LogP contribution in [0.25, 0.3) is 55.6 Å². The minimum Gasteiger partial charge on any atom is -0.310 e. The number of hydrogen-bond acceptors (Lipinski definition) is 1. The van der Waals surface area contributed by atoms with Crippen LogP contribution in [0.3, 0.4) is 0 Å². The maximum absolute atomic E-state index is 2.48. The molecular formula is C69H73N. The normalized spacial score (nSPS) is 14.8. The fraction of sp³-hybridized carbons (Fsp3) is 0.304. The monoisotopic (exact) mass is 916 g/mol. The van der Waals surface area contributed by atoms with Gasteiger partial charge in [-0.2, -0.15) is 0 Å². The smallest absolute Gasteiger partial charge is 0.0467 e. The lowest BCUT2D eigenvalue weighted by Crippen LogP contribution is -2.16. The lowest BCUT2D eigenvalue weighted by molar-refractivity contribution is 0.443. The van der Waals surface area contributed by atoms with Crippen LogP contribution in [0.1, 0.15) is 148 Å². The predicted octanol–water partition coefficient (Wildman–Crippen LogP) is 20.1. The van der Waals surface area contributed by atoms with Crippen molar-refractivity contribution in [3.05, 3.63) is 209 Å². The molecule has 8 aromatic rings. The van der Waals surface area contributed by atoms with Crippen molar-refractivity contribution >= 4 is 17.1 Å². The first-order valence-electron chi connectivity index (χ1n) is 26.1. The fourth-order valence-corrected chi connectivity index (χ4v) is 11.2. The van der Waals surface area contributed by atoms with Crippen molar-refractivity contribution in [1.82, 2.24) is 0 Å². The van der Waals surface area contributed by atoms with Crippen LogP contribution in [-0.4, -0.2) is 0 Å². The minimum absolute atomic E-state index is 0.0279. The fourth-order valence-electron chi connectivity index (χ4n) is 11.2. The van der Waals surface area contributed by atoms with Crippen molar-refractivity contribution in [3.63, 3.8) is 0 Å². The molecule has 354 valence electrons. The highest BCUT2D eigenvalue weighted by Gasteiger charge is 2.36. The molecule has 0 heterocycles. The van der Waals surface area contributed by atoms with Gasteiger partial charge in [0.15, 0.2) is 0 Å². The molecule has 0 unspecified atom stereocenters. The molecule has 8 aromatic carbocycles. The maximum atomic E-state index is 2.48. The molecule has 1 fully saturated rings. The van der Waals surface area contributed by atoms with E-state index in [2.05, 4.69) is 257 Å². The van der Waals surface area contributed by atoms with Gasteiger partial charge in [-0.15, -0.1) is 0 Å². The van der Waals surface area contributed by atoms with Gasteiger partial charge in [0.05, 0.1) is 0 Å². The van der Waals surface area contributed by atoms with Crippen LogP contribution in [0.4, 0.5) is 17.1 Å². The Kier molecular flexibility index (Phi) is 12.2. The highest BCUT2D eigenvalue weighted by molar-refractivity contribution is 5.88. The summed E-state index contributed by atoms with van der Waals surface area (Å²) < 4.78 is 0. The summed E-state index contributed by atoms with van der Waals surface area (Å²) in [6, 6.07) is 67.7. The van der Waals surface area contributed by atoms with Crippen molar-refractivity contribution in [2.75, 3.05) is 4.90 Å². The van der Waals surface area contributed by atoms with Crippen LogP contribution in [0.5, 0.6) is 0 Å².